The first-order chi connectivity index (χ1) is 24.6. The molecule has 0 bridgehead atoms. The zero-order chi connectivity index (χ0) is 37.1. The summed E-state index contributed by atoms with van der Waals surface area (Å²) in [6.07, 6.45) is 14.8. The summed E-state index contributed by atoms with van der Waals surface area (Å²) < 4.78 is 57.8. The Bertz CT molecular complexity index is 1290. The van der Waals surface area contributed by atoms with Crippen molar-refractivity contribution in [3.63, 3.8) is 0 Å². The van der Waals surface area contributed by atoms with Gasteiger partial charge in [-0.3, -0.25) is 13.6 Å². The van der Waals surface area contributed by atoms with Crippen LogP contribution in [0.4, 0.5) is 10.2 Å². The third-order valence-corrected chi connectivity index (χ3v) is 10.3. The molecule has 7 atom stereocenters. The number of fused-ring (bicyclic) bond motifs is 1. The highest BCUT2D eigenvalue weighted by Gasteiger charge is 2.47. The molecule has 1 fully saturated rings. The van der Waals surface area contributed by atoms with Crippen molar-refractivity contribution in [2.45, 2.75) is 174 Å². The molecule has 3 rings (SSSR count). The number of aliphatic hydroxyl groups excluding tert-OH is 1. The fourth-order valence-electron chi connectivity index (χ4n) is 6.24. The highest BCUT2D eigenvalue weighted by Crippen LogP contribution is 2.45. The maximum atomic E-state index is 15.2. The van der Waals surface area contributed by atoms with Crippen molar-refractivity contribution in [2.75, 3.05) is 32.2 Å². The number of alkyl halides is 1. The number of imidazole rings is 1. The van der Waals surface area contributed by atoms with Crippen LogP contribution in [0.15, 0.2) is 6.33 Å². The topological polar surface area (TPSA) is 173 Å². The van der Waals surface area contributed by atoms with E-state index in [9.17, 15) is 14.6 Å². The van der Waals surface area contributed by atoms with Gasteiger partial charge < -0.3 is 29.9 Å². The molecule has 15 heteroatoms. The van der Waals surface area contributed by atoms with Gasteiger partial charge in [0.1, 0.15) is 29.7 Å². The Morgan fingerprint density at radius 3 is 2.18 bits per heavy atom. The van der Waals surface area contributed by atoms with Gasteiger partial charge in [-0.05, 0) is 26.7 Å². The Kier molecular flexibility index (Phi) is 20.4. The lowest BCUT2D eigenvalue weighted by molar-refractivity contribution is -0.0675. The number of ether oxygens (including phenoxy) is 3. The van der Waals surface area contributed by atoms with Gasteiger partial charge in [0.05, 0.1) is 32.3 Å². The molecule has 4 N–H and O–H groups in total. The summed E-state index contributed by atoms with van der Waals surface area (Å²) in [4.78, 5) is 23.0. The van der Waals surface area contributed by atoms with Gasteiger partial charge in [0.2, 0.25) is 0 Å². The second kappa shape index (κ2) is 23.8. The van der Waals surface area contributed by atoms with Gasteiger partial charge >= 0.3 is 7.82 Å². The standard InChI is InChI=1S/C36H65FN5O8P/c1-5-7-9-11-13-15-17-19-21-27(3)47-23-29(46-22-20-18-16-14-12-10-8-6-2)24-48-51(44,45)49-25-30-33(43)31(37)36(50-30)42-26-39-32-34(38)40-28(4)41-35(32)42/h26-27,29-31,33,36,43H,5-25H2,1-4H3,(H,44,45)(H2,38,40,41)/t27?,29?,30-,31+,33?,36-/m1/s1. The summed E-state index contributed by atoms with van der Waals surface area (Å²) in [6, 6.07) is 0. The van der Waals surface area contributed by atoms with Crippen LogP contribution < -0.4 is 5.73 Å². The van der Waals surface area contributed by atoms with Gasteiger partial charge in [-0.2, -0.15) is 0 Å². The Morgan fingerprint density at radius 1 is 0.922 bits per heavy atom. The fourth-order valence-corrected chi connectivity index (χ4v) is 7.00. The molecule has 0 aromatic carbocycles. The van der Waals surface area contributed by atoms with Crippen LogP contribution in [-0.2, 0) is 27.8 Å². The summed E-state index contributed by atoms with van der Waals surface area (Å²) in [6.45, 7) is 7.97. The third kappa shape index (κ3) is 15.6. The first-order valence-corrected chi connectivity index (χ1v) is 20.8. The summed E-state index contributed by atoms with van der Waals surface area (Å²) in [5.74, 6) is 0.490. The summed E-state index contributed by atoms with van der Waals surface area (Å²) in [7, 11) is -4.63. The number of aromatic nitrogens is 4. The van der Waals surface area contributed by atoms with Crippen LogP contribution in [0.3, 0.4) is 0 Å². The van der Waals surface area contributed by atoms with E-state index in [0.29, 0.717) is 12.4 Å². The van der Waals surface area contributed by atoms with Gasteiger partial charge in [-0.1, -0.05) is 110 Å². The van der Waals surface area contributed by atoms with Crippen molar-refractivity contribution in [3.8, 4) is 0 Å². The molecule has 0 amide bonds. The quantitative estimate of drug-likeness (QED) is 0.0543. The lowest BCUT2D eigenvalue weighted by atomic mass is 10.1. The normalized spacial score (nSPS) is 21.7. The molecule has 3 heterocycles. The predicted octanol–water partition coefficient (Wildman–Crippen LogP) is 7.91. The van der Waals surface area contributed by atoms with E-state index < -0.39 is 45.1 Å². The van der Waals surface area contributed by atoms with Gasteiger partial charge in [0.15, 0.2) is 23.9 Å². The lowest BCUT2D eigenvalue weighted by Gasteiger charge is -2.23. The number of anilines is 1. The smallest absolute Gasteiger partial charge is 0.387 e. The SMILES string of the molecule is CCCCCCCCCCOC(COC(C)CCCCCCCCCC)COP(=O)(O)OC[C@H]1O[C@@H](n2cnc3c(N)nc(C)nc32)[C@@H](F)C1O. The van der Waals surface area contributed by atoms with Gasteiger partial charge in [0.25, 0.3) is 0 Å². The first-order valence-electron chi connectivity index (χ1n) is 19.4. The number of aliphatic hydroxyl groups is 1. The van der Waals surface area contributed by atoms with E-state index in [-0.39, 0.29) is 36.3 Å². The van der Waals surface area contributed by atoms with Crippen LogP contribution in [-0.4, -0.2) is 86.5 Å². The van der Waals surface area contributed by atoms with Crippen molar-refractivity contribution in [3.05, 3.63) is 12.2 Å². The van der Waals surface area contributed by atoms with E-state index in [2.05, 4.69) is 28.8 Å². The molecular formula is C36H65FN5O8P. The van der Waals surface area contributed by atoms with Crippen LogP contribution in [0.1, 0.15) is 142 Å². The minimum absolute atomic E-state index is 0.0125. The second-order valence-corrected chi connectivity index (χ2v) is 15.4. The maximum Gasteiger partial charge on any atom is 0.472 e. The Morgan fingerprint density at radius 2 is 1.53 bits per heavy atom. The van der Waals surface area contributed by atoms with Gasteiger partial charge in [-0.25, -0.2) is 23.9 Å². The van der Waals surface area contributed by atoms with E-state index in [1.807, 2.05) is 6.92 Å². The minimum atomic E-state index is -4.63. The third-order valence-electron chi connectivity index (χ3n) is 9.34. The number of phosphoric ester groups is 1. The summed E-state index contributed by atoms with van der Waals surface area (Å²) in [5.41, 5.74) is 6.44. The molecule has 1 aliphatic heterocycles. The molecule has 1 saturated heterocycles. The number of hydrogen-bond donors (Lipinski definition) is 3. The predicted molar refractivity (Wildman–Crippen MR) is 196 cm³/mol. The van der Waals surface area contributed by atoms with Crippen molar-refractivity contribution >= 4 is 24.8 Å². The zero-order valence-electron chi connectivity index (χ0n) is 31.4. The zero-order valence-corrected chi connectivity index (χ0v) is 32.3. The molecule has 0 aliphatic carbocycles. The molecule has 0 radical (unpaired) electrons. The van der Waals surface area contributed by atoms with Gasteiger partial charge in [0, 0.05) is 6.61 Å². The van der Waals surface area contributed by atoms with Crippen molar-refractivity contribution < 1.29 is 42.2 Å². The Balaban J connectivity index is 1.46. The van der Waals surface area contributed by atoms with Crippen LogP contribution in [0.25, 0.3) is 11.2 Å². The number of rotatable bonds is 29. The molecular weight excluding hydrogens is 680 g/mol. The van der Waals surface area contributed by atoms with Crippen LogP contribution in [0.5, 0.6) is 0 Å². The number of nitrogens with two attached hydrogens (primary N) is 1. The van der Waals surface area contributed by atoms with E-state index in [1.54, 1.807) is 6.92 Å². The van der Waals surface area contributed by atoms with Crippen LogP contribution >= 0.6 is 7.82 Å². The lowest BCUT2D eigenvalue weighted by Crippen LogP contribution is -2.31. The highest BCUT2D eigenvalue weighted by atomic mass is 31.2. The van der Waals surface area contributed by atoms with E-state index >= 15 is 4.39 Å². The molecule has 51 heavy (non-hydrogen) atoms. The maximum absolute atomic E-state index is 15.2. The van der Waals surface area contributed by atoms with Gasteiger partial charge in [-0.15, -0.1) is 0 Å². The fraction of sp³-hybridized carbons (Fsp3) is 0.861. The molecule has 294 valence electrons. The number of unbranched alkanes of at least 4 members (excludes halogenated alkanes) is 14. The first kappa shape index (κ1) is 43.6. The average molecular weight is 746 g/mol. The number of hydrogen-bond acceptors (Lipinski definition) is 11. The minimum Gasteiger partial charge on any atom is -0.387 e. The summed E-state index contributed by atoms with van der Waals surface area (Å²) in [5, 5.41) is 10.6. The number of phosphoric acid groups is 1. The van der Waals surface area contributed by atoms with Crippen molar-refractivity contribution in [1.29, 1.82) is 0 Å². The number of aryl methyl sites for hydroxylation is 1. The molecule has 13 nitrogen and oxygen atoms in total. The van der Waals surface area contributed by atoms with E-state index in [0.717, 1.165) is 32.1 Å². The molecule has 1 aliphatic rings. The molecule has 0 spiro atoms. The highest BCUT2D eigenvalue weighted by molar-refractivity contribution is 7.47. The van der Waals surface area contributed by atoms with Crippen molar-refractivity contribution in [1.82, 2.24) is 19.5 Å². The second-order valence-electron chi connectivity index (χ2n) is 13.9. The monoisotopic (exact) mass is 745 g/mol. The molecule has 2 aromatic heterocycles. The molecule has 0 saturated carbocycles. The van der Waals surface area contributed by atoms with E-state index in [4.69, 9.17) is 29.0 Å². The average Bonchev–Trinajstić information content (AvgIpc) is 3.64. The molecule has 2 aromatic rings. The number of nitrogens with zero attached hydrogens (tertiary/aromatic N) is 4. The Labute approximate surface area is 304 Å². The van der Waals surface area contributed by atoms with Crippen LogP contribution in [0, 0.1) is 6.92 Å². The number of halogens is 1. The summed E-state index contributed by atoms with van der Waals surface area (Å²) >= 11 is 0. The molecule has 4 unspecified atom stereocenters. The largest absolute Gasteiger partial charge is 0.472 e. The van der Waals surface area contributed by atoms with E-state index in [1.165, 1.54) is 87.9 Å². The Hall–Kier alpha value is -1.77. The number of nitrogen functional groups attached to an aromatic ring is 1. The van der Waals surface area contributed by atoms with Crippen LogP contribution in [0.2, 0.25) is 0 Å². The van der Waals surface area contributed by atoms with Crippen molar-refractivity contribution in [2.24, 2.45) is 0 Å².